The summed E-state index contributed by atoms with van der Waals surface area (Å²) >= 11 is 6.13. The molecule has 0 saturated carbocycles. The standard InChI is InChI=1S/C15H15ClN2O3/c16-13-9-11(7-8-17)5-6-15(13)21-10-12-3-1-2-4-14(12)18(19)20/h1-6,9H,7-8,10,17H2. The molecule has 0 spiro atoms. The van der Waals surface area contributed by atoms with Crippen molar-refractivity contribution >= 4 is 17.3 Å². The fourth-order valence-corrected chi connectivity index (χ4v) is 2.21. The molecular weight excluding hydrogens is 292 g/mol. The van der Waals surface area contributed by atoms with Crippen molar-refractivity contribution < 1.29 is 9.66 Å². The van der Waals surface area contributed by atoms with Crippen molar-refractivity contribution in [3.05, 3.63) is 68.7 Å². The molecule has 2 N–H and O–H groups in total. The molecule has 0 bridgehead atoms. The molecule has 110 valence electrons. The minimum Gasteiger partial charge on any atom is -0.487 e. The molecule has 0 amide bonds. The van der Waals surface area contributed by atoms with Crippen molar-refractivity contribution in [2.45, 2.75) is 13.0 Å². The number of nitro benzene ring substituents is 1. The second-order valence-corrected chi connectivity index (χ2v) is 4.89. The Kier molecular flexibility index (Phi) is 5.14. The van der Waals surface area contributed by atoms with Crippen molar-refractivity contribution in [2.24, 2.45) is 5.73 Å². The Hall–Kier alpha value is -2.11. The van der Waals surface area contributed by atoms with Gasteiger partial charge in [0.25, 0.3) is 5.69 Å². The summed E-state index contributed by atoms with van der Waals surface area (Å²) in [7, 11) is 0. The first-order valence-corrected chi connectivity index (χ1v) is 6.83. The van der Waals surface area contributed by atoms with Crippen LogP contribution < -0.4 is 10.5 Å². The monoisotopic (exact) mass is 306 g/mol. The zero-order chi connectivity index (χ0) is 15.2. The van der Waals surface area contributed by atoms with Gasteiger partial charge in [-0.2, -0.15) is 0 Å². The highest BCUT2D eigenvalue weighted by Crippen LogP contribution is 2.27. The molecule has 6 heteroatoms. The fourth-order valence-electron chi connectivity index (χ4n) is 1.95. The Bertz CT molecular complexity index is 647. The van der Waals surface area contributed by atoms with Gasteiger partial charge in [0, 0.05) is 6.07 Å². The maximum Gasteiger partial charge on any atom is 0.276 e. The number of hydrogen-bond donors (Lipinski definition) is 1. The van der Waals surface area contributed by atoms with E-state index < -0.39 is 4.92 Å². The first kappa shape index (κ1) is 15.3. The summed E-state index contributed by atoms with van der Waals surface area (Å²) < 4.78 is 5.58. The quantitative estimate of drug-likeness (QED) is 0.656. The third kappa shape index (κ3) is 3.93. The number of ether oxygens (including phenoxy) is 1. The fraction of sp³-hybridized carbons (Fsp3) is 0.200. The van der Waals surface area contributed by atoms with E-state index in [9.17, 15) is 10.1 Å². The highest BCUT2D eigenvalue weighted by molar-refractivity contribution is 6.32. The van der Waals surface area contributed by atoms with E-state index in [1.54, 1.807) is 30.3 Å². The van der Waals surface area contributed by atoms with Crippen LogP contribution in [0.4, 0.5) is 5.69 Å². The van der Waals surface area contributed by atoms with Crippen molar-refractivity contribution in [1.82, 2.24) is 0 Å². The van der Waals surface area contributed by atoms with Crippen molar-refractivity contribution in [2.75, 3.05) is 6.54 Å². The molecule has 0 unspecified atom stereocenters. The largest absolute Gasteiger partial charge is 0.487 e. The molecule has 0 heterocycles. The van der Waals surface area contributed by atoms with E-state index in [0.717, 1.165) is 12.0 Å². The summed E-state index contributed by atoms with van der Waals surface area (Å²) in [5.74, 6) is 0.496. The highest BCUT2D eigenvalue weighted by Gasteiger charge is 2.13. The smallest absolute Gasteiger partial charge is 0.276 e. The molecule has 21 heavy (non-hydrogen) atoms. The zero-order valence-electron chi connectivity index (χ0n) is 11.3. The van der Waals surface area contributed by atoms with Gasteiger partial charge >= 0.3 is 0 Å². The van der Waals surface area contributed by atoms with E-state index in [1.807, 2.05) is 6.07 Å². The number of rotatable bonds is 6. The van der Waals surface area contributed by atoms with Gasteiger partial charge in [-0.25, -0.2) is 0 Å². The first-order valence-electron chi connectivity index (χ1n) is 6.45. The summed E-state index contributed by atoms with van der Waals surface area (Å²) in [5, 5.41) is 11.4. The van der Waals surface area contributed by atoms with Crippen LogP contribution in [0.5, 0.6) is 5.75 Å². The van der Waals surface area contributed by atoms with Crippen molar-refractivity contribution in [3.63, 3.8) is 0 Å². The number of nitro groups is 1. The van der Waals surface area contributed by atoms with Crippen LogP contribution in [0.3, 0.4) is 0 Å². The van der Waals surface area contributed by atoms with Crippen LogP contribution >= 0.6 is 11.6 Å². The Morgan fingerprint density at radius 2 is 2.00 bits per heavy atom. The predicted molar refractivity (Wildman–Crippen MR) is 81.6 cm³/mol. The number of nitrogens with zero attached hydrogens (tertiary/aromatic N) is 1. The molecule has 2 aromatic carbocycles. The third-order valence-electron chi connectivity index (χ3n) is 3.00. The lowest BCUT2D eigenvalue weighted by molar-refractivity contribution is -0.385. The molecule has 0 atom stereocenters. The third-order valence-corrected chi connectivity index (χ3v) is 3.30. The second-order valence-electron chi connectivity index (χ2n) is 4.48. The summed E-state index contributed by atoms with van der Waals surface area (Å²) in [6.45, 7) is 0.639. The van der Waals surface area contributed by atoms with Crippen LogP contribution in [0.25, 0.3) is 0 Å². The van der Waals surface area contributed by atoms with E-state index >= 15 is 0 Å². The van der Waals surface area contributed by atoms with Gasteiger partial charge in [-0.15, -0.1) is 0 Å². The minimum atomic E-state index is -0.426. The maximum atomic E-state index is 10.9. The lowest BCUT2D eigenvalue weighted by Crippen LogP contribution is -2.03. The molecule has 0 aliphatic heterocycles. The average Bonchev–Trinajstić information content (AvgIpc) is 2.47. The summed E-state index contributed by atoms with van der Waals surface area (Å²) in [6.07, 6.45) is 0.740. The number of hydrogen-bond acceptors (Lipinski definition) is 4. The van der Waals surface area contributed by atoms with Crippen molar-refractivity contribution in [1.29, 1.82) is 0 Å². The van der Waals surface area contributed by atoms with Gasteiger partial charge in [0.05, 0.1) is 15.5 Å². The summed E-state index contributed by atoms with van der Waals surface area (Å²) in [6, 6.07) is 11.9. The minimum absolute atomic E-state index is 0.0355. The zero-order valence-corrected chi connectivity index (χ0v) is 12.0. The molecule has 2 rings (SSSR count). The molecule has 0 aromatic heterocycles. The van der Waals surface area contributed by atoms with E-state index in [0.29, 0.717) is 22.9 Å². The highest BCUT2D eigenvalue weighted by atomic mass is 35.5. The second kappa shape index (κ2) is 7.06. The molecule has 0 radical (unpaired) electrons. The normalized spacial score (nSPS) is 10.4. The van der Waals surface area contributed by atoms with Gasteiger partial charge < -0.3 is 10.5 Å². The van der Waals surface area contributed by atoms with E-state index in [-0.39, 0.29) is 12.3 Å². The SMILES string of the molecule is NCCc1ccc(OCc2ccccc2[N+](=O)[O-])c(Cl)c1. The number of nitrogens with two attached hydrogens (primary N) is 1. The summed E-state index contributed by atoms with van der Waals surface area (Å²) in [4.78, 5) is 10.5. The first-order chi connectivity index (χ1) is 10.1. The van der Waals surface area contributed by atoms with Crippen LogP contribution in [0.1, 0.15) is 11.1 Å². The number of halogens is 1. The Labute approximate surface area is 127 Å². The average molecular weight is 307 g/mol. The van der Waals surface area contributed by atoms with E-state index in [1.165, 1.54) is 6.07 Å². The van der Waals surface area contributed by atoms with Crippen LogP contribution in [-0.2, 0) is 13.0 Å². The lowest BCUT2D eigenvalue weighted by Gasteiger charge is -2.09. The Morgan fingerprint density at radius 1 is 1.24 bits per heavy atom. The van der Waals surface area contributed by atoms with E-state index in [2.05, 4.69) is 0 Å². The van der Waals surface area contributed by atoms with Crippen molar-refractivity contribution in [3.8, 4) is 5.75 Å². The molecule has 0 saturated heterocycles. The van der Waals surface area contributed by atoms with Crippen LogP contribution in [0, 0.1) is 10.1 Å². The number of benzene rings is 2. The molecule has 0 aliphatic rings. The van der Waals surface area contributed by atoms with Crippen LogP contribution in [0.15, 0.2) is 42.5 Å². The summed E-state index contributed by atoms with van der Waals surface area (Å²) in [5.41, 5.74) is 7.06. The van der Waals surface area contributed by atoms with Crippen LogP contribution in [0.2, 0.25) is 5.02 Å². The molecule has 0 aliphatic carbocycles. The number of para-hydroxylation sites is 1. The Balaban J connectivity index is 2.12. The predicted octanol–water partition coefficient (Wildman–Crippen LogP) is 3.33. The lowest BCUT2D eigenvalue weighted by atomic mass is 10.1. The van der Waals surface area contributed by atoms with Gasteiger partial charge in [0.15, 0.2) is 0 Å². The van der Waals surface area contributed by atoms with Gasteiger partial charge in [0.2, 0.25) is 0 Å². The topological polar surface area (TPSA) is 78.4 Å². The Morgan fingerprint density at radius 3 is 2.67 bits per heavy atom. The van der Waals surface area contributed by atoms with E-state index in [4.69, 9.17) is 22.1 Å². The maximum absolute atomic E-state index is 10.9. The van der Waals surface area contributed by atoms with Gasteiger partial charge in [-0.3, -0.25) is 10.1 Å². The van der Waals surface area contributed by atoms with Crippen LogP contribution in [-0.4, -0.2) is 11.5 Å². The molecule has 0 fully saturated rings. The van der Waals surface area contributed by atoms with Gasteiger partial charge in [-0.05, 0) is 36.7 Å². The van der Waals surface area contributed by atoms with Gasteiger partial charge in [-0.1, -0.05) is 29.8 Å². The van der Waals surface area contributed by atoms with Gasteiger partial charge in [0.1, 0.15) is 12.4 Å². The molecular formula is C15H15ClN2O3. The molecule has 5 nitrogen and oxygen atoms in total. The molecule has 2 aromatic rings.